The van der Waals surface area contributed by atoms with Crippen LogP contribution in [-0.4, -0.2) is 27.5 Å². The quantitative estimate of drug-likeness (QED) is 0.199. The number of amides is 3. The van der Waals surface area contributed by atoms with E-state index in [-0.39, 0.29) is 6.54 Å². The molecule has 0 spiro atoms. The molecule has 2 aliphatic rings. The summed E-state index contributed by atoms with van der Waals surface area (Å²) in [6.45, 7) is -0.377. The second-order valence-electron chi connectivity index (χ2n) is 10.9. The average Bonchev–Trinajstić information content (AvgIpc) is 3.47. The van der Waals surface area contributed by atoms with E-state index in [1.54, 1.807) is 30.3 Å². The number of imide groups is 1. The van der Waals surface area contributed by atoms with Crippen molar-refractivity contribution in [3.05, 3.63) is 122 Å². The van der Waals surface area contributed by atoms with Crippen LogP contribution in [0.25, 0.3) is 10.8 Å². The van der Waals surface area contributed by atoms with Crippen molar-refractivity contribution in [2.75, 3.05) is 10.2 Å². The molecule has 13 heteroatoms. The number of hydrogen-bond donors (Lipinski definition) is 1. The van der Waals surface area contributed by atoms with Gasteiger partial charge in [-0.3, -0.25) is 23.7 Å². The number of benzene rings is 4. The maximum atomic E-state index is 14.0. The molecule has 1 aromatic heterocycles. The van der Waals surface area contributed by atoms with Gasteiger partial charge < -0.3 is 5.32 Å². The van der Waals surface area contributed by atoms with Gasteiger partial charge in [0.05, 0.1) is 22.2 Å². The van der Waals surface area contributed by atoms with Crippen molar-refractivity contribution in [3.63, 3.8) is 0 Å². The number of alkyl halides is 3. The molecule has 46 heavy (non-hydrogen) atoms. The summed E-state index contributed by atoms with van der Waals surface area (Å²) in [6.07, 6.45) is -4.81. The Morgan fingerprint density at radius 3 is 2.30 bits per heavy atom. The number of aromatic nitrogens is 1. The van der Waals surface area contributed by atoms with Crippen LogP contribution in [0.4, 0.5) is 24.5 Å². The van der Waals surface area contributed by atoms with Crippen LogP contribution < -0.4 is 15.1 Å². The summed E-state index contributed by atoms with van der Waals surface area (Å²) in [7, 11) is 0. The number of thioether (sulfide) groups is 1. The Balaban J connectivity index is 1.28. The maximum absolute atomic E-state index is 14.0. The predicted molar refractivity (Wildman–Crippen MR) is 172 cm³/mol. The number of anilines is 2. The summed E-state index contributed by atoms with van der Waals surface area (Å²) in [5, 5.41) is 4.30. The lowest BCUT2D eigenvalue weighted by Crippen LogP contribution is -2.33. The third kappa shape index (κ3) is 5.20. The molecule has 2 aliphatic heterocycles. The van der Waals surface area contributed by atoms with Gasteiger partial charge in [0.15, 0.2) is 0 Å². The molecular formula is C33H21ClF3N3O4S2. The van der Waals surface area contributed by atoms with Gasteiger partial charge >= 0.3 is 11.0 Å². The first-order chi connectivity index (χ1) is 22.0. The van der Waals surface area contributed by atoms with Crippen LogP contribution in [0.3, 0.4) is 0 Å². The first-order valence-electron chi connectivity index (χ1n) is 14.0. The van der Waals surface area contributed by atoms with E-state index in [2.05, 4.69) is 5.32 Å². The Bertz CT molecular complexity index is 2110. The van der Waals surface area contributed by atoms with Crippen LogP contribution in [0.2, 0.25) is 5.02 Å². The first-order valence-corrected chi connectivity index (χ1v) is 16.1. The number of carbonyl (C=O) groups excluding carboxylic acids is 3. The van der Waals surface area contributed by atoms with Gasteiger partial charge in [0.25, 0.3) is 0 Å². The van der Waals surface area contributed by atoms with Crippen molar-refractivity contribution in [1.29, 1.82) is 0 Å². The van der Waals surface area contributed by atoms with Crippen molar-refractivity contribution >= 4 is 74.6 Å². The van der Waals surface area contributed by atoms with Crippen molar-refractivity contribution < 1.29 is 27.6 Å². The van der Waals surface area contributed by atoms with Gasteiger partial charge in [-0.05, 0) is 52.7 Å². The zero-order valence-electron chi connectivity index (χ0n) is 23.5. The van der Waals surface area contributed by atoms with Gasteiger partial charge in [-0.15, -0.1) is 0 Å². The van der Waals surface area contributed by atoms with E-state index >= 15 is 0 Å². The highest BCUT2D eigenvalue weighted by Gasteiger charge is 2.57. The minimum atomic E-state index is -4.81. The van der Waals surface area contributed by atoms with Crippen molar-refractivity contribution in [1.82, 2.24) is 4.57 Å². The van der Waals surface area contributed by atoms with Crippen molar-refractivity contribution in [2.24, 2.45) is 5.92 Å². The normalized spacial score (nSPS) is 19.3. The molecule has 3 atom stereocenters. The maximum Gasteiger partial charge on any atom is 0.418 e. The number of halogens is 4. The second kappa shape index (κ2) is 11.4. The van der Waals surface area contributed by atoms with Crippen LogP contribution in [0.1, 0.15) is 21.9 Å². The fourth-order valence-corrected chi connectivity index (χ4v) is 8.94. The number of rotatable bonds is 5. The molecule has 1 saturated heterocycles. The molecule has 1 N–H and O–H groups in total. The van der Waals surface area contributed by atoms with E-state index in [1.807, 2.05) is 36.4 Å². The molecule has 2 unspecified atom stereocenters. The molecule has 4 aromatic carbocycles. The SMILES string of the molecule is O=C(Cn1c2c(sc1=O)[C@H](c1ccc(Cl)cc1)C1C(=O)N(c3ccccc3C(F)(F)F)C(=O)C1S2)Nc1ccc2ccccc2c1. The van der Waals surface area contributed by atoms with E-state index in [1.165, 1.54) is 16.7 Å². The van der Waals surface area contributed by atoms with E-state index in [9.17, 15) is 32.3 Å². The Hall–Kier alpha value is -4.39. The lowest BCUT2D eigenvalue weighted by molar-refractivity contribution is -0.137. The van der Waals surface area contributed by atoms with E-state index in [4.69, 9.17) is 11.6 Å². The molecule has 7 nitrogen and oxygen atoms in total. The third-order valence-corrected chi connectivity index (χ3v) is 10.9. The molecule has 0 aliphatic carbocycles. The molecule has 7 rings (SSSR count). The minimum absolute atomic E-state index is 0.317. The van der Waals surface area contributed by atoms with Crippen LogP contribution in [0, 0.1) is 5.92 Å². The molecule has 3 amide bonds. The number of fused-ring (bicyclic) bond motifs is 3. The van der Waals surface area contributed by atoms with E-state index in [0.717, 1.165) is 46.0 Å². The van der Waals surface area contributed by atoms with Gasteiger partial charge in [-0.1, -0.05) is 89.3 Å². The van der Waals surface area contributed by atoms with Crippen LogP contribution in [0.15, 0.2) is 101 Å². The van der Waals surface area contributed by atoms with Crippen LogP contribution in [-0.2, 0) is 27.1 Å². The summed E-state index contributed by atoms with van der Waals surface area (Å²) in [5.41, 5.74) is -0.573. The zero-order valence-corrected chi connectivity index (χ0v) is 25.8. The smallest absolute Gasteiger partial charge is 0.325 e. The van der Waals surface area contributed by atoms with Gasteiger partial charge in [-0.2, -0.15) is 13.2 Å². The molecular weight excluding hydrogens is 659 g/mol. The molecule has 5 aromatic rings. The number of thiazole rings is 1. The summed E-state index contributed by atoms with van der Waals surface area (Å²) >= 11 is 7.89. The fraction of sp³-hybridized carbons (Fsp3) is 0.152. The summed E-state index contributed by atoms with van der Waals surface area (Å²) in [4.78, 5) is 55.1. The Kier molecular flexibility index (Phi) is 7.53. The third-order valence-electron chi connectivity index (χ3n) is 8.06. The average molecular weight is 680 g/mol. The largest absolute Gasteiger partial charge is 0.418 e. The highest BCUT2D eigenvalue weighted by atomic mass is 35.5. The van der Waals surface area contributed by atoms with Gasteiger partial charge in [0.1, 0.15) is 11.8 Å². The highest BCUT2D eigenvalue weighted by molar-refractivity contribution is 8.00. The lowest BCUT2D eigenvalue weighted by Gasteiger charge is -2.30. The number of carbonyl (C=O) groups is 3. The standard InChI is InChI=1S/C33H21ClF3N3O4S2/c34-20-12-9-18(10-13-20)25-26-27(30(43)40(29(26)42)23-8-4-3-7-22(23)33(35,36)37)45-31-28(25)46-32(44)39(31)16-24(41)38-21-14-11-17-5-1-2-6-19(17)15-21/h1-15,25-27H,16H2,(H,38,41)/t25-,26?,27?/m1/s1. The Morgan fingerprint density at radius 2 is 1.57 bits per heavy atom. The first kappa shape index (κ1) is 30.3. The zero-order chi connectivity index (χ0) is 32.3. The van der Waals surface area contributed by atoms with Crippen LogP contribution >= 0.6 is 34.7 Å². The molecule has 232 valence electrons. The monoisotopic (exact) mass is 679 g/mol. The molecule has 1 fully saturated rings. The molecule has 0 bridgehead atoms. The summed E-state index contributed by atoms with van der Waals surface area (Å²) in [5.74, 6) is -4.07. The van der Waals surface area contributed by atoms with E-state index < -0.39 is 57.1 Å². The summed E-state index contributed by atoms with van der Waals surface area (Å²) in [6, 6.07) is 24.0. The van der Waals surface area contributed by atoms with Crippen LogP contribution in [0.5, 0.6) is 0 Å². The lowest BCUT2D eigenvalue weighted by atomic mass is 9.83. The highest BCUT2D eigenvalue weighted by Crippen LogP contribution is 2.54. The second-order valence-corrected chi connectivity index (χ2v) is 13.4. The number of nitrogens with zero attached hydrogens (tertiary/aromatic N) is 2. The fourth-order valence-electron chi connectivity index (χ4n) is 6.04. The Labute approximate surface area is 272 Å². The van der Waals surface area contributed by atoms with Crippen molar-refractivity contribution in [3.8, 4) is 0 Å². The minimum Gasteiger partial charge on any atom is -0.325 e. The topological polar surface area (TPSA) is 88.5 Å². The molecule has 0 saturated carbocycles. The Morgan fingerprint density at radius 1 is 0.870 bits per heavy atom. The summed E-state index contributed by atoms with van der Waals surface area (Å²) < 4.78 is 43.2. The molecule has 3 heterocycles. The van der Waals surface area contributed by atoms with E-state index in [0.29, 0.717) is 31.1 Å². The van der Waals surface area contributed by atoms with Crippen molar-refractivity contribution in [2.45, 2.75) is 28.9 Å². The number of para-hydroxylation sites is 1. The number of nitrogens with one attached hydrogen (secondary N) is 1. The van der Waals surface area contributed by atoms with Gasteiger partial charge in [-0.25, -0.2) is 4.90 Å². The molecule has 0 radical (unpaired) electrons. The van der Waals surface area contributed by atoms with Gasteiger partial charge in [0, 0.05) is 21.5 Å². The number of hydrogen-bond acceptors (Lipinski definition) is 6. The predicted octanol–water partition coefficient (Wildman–Crippen LogP) is 7.17. The van der Waals surface area contributed by atoms with Gasteiger partial charge in [0.2, 0.25) is 17.7 Å².